The maximum atomic E-state index is 12.5. The van der Waals surface area contributed by atoms with Gasteiger partial charge in [0.15, 0.2) is 0 Å². The average molecular weight is 434 g/mol. The Balaban J connectivity index is 1.57. The number of carbonyl (C=O) groups excluding carboxylic acids is 2. The highest BCUT2D eigenvalue weighted by Gasteiger charge is 2.32. The molecule has 0 bridgehead atoms. The smallest absolute Gasteiger partial charge is 0.407 e. The SMILES string of the molecule is C#CCC(NC(=O)C(C)(C)CNC(=O)OCC1c2ccccc2-c2ccccc21)C(=O)O. The van der Waals surface area contributed by atoms with Gasteiger partial charge in [-0.2, -0.15) is 0 Å². The molecule has 1 unspecified atom stereocenters. The molecule has 0 radical (unpaired) electrons. The third-order valence-corrected chi connectivity index (χ3v) is 5.56. The molecule has 2 amide bonds. The first-order valence-electron chi connectivity index (χ1n) is 10.3. The van der Waals surface area contributed by atoms with E-state index in [0.717, 1.165) is 22.3 Å². The summed E-state index contributed by atoms with van der Waals surface area (Å²) in [4.78, 5) is 36.0. The molecule has 2 aromatic carbocycles. The number of alkyl carbamates (subject to hydrolysis) is 1. The predicted octanol–water partition coefficient (Wildman–Crippen LogP) is 3.14. The van der Waals surface area contributed by atoms with E-state index in [0.29, 0.717) is 0 Å². The second kappa shape index (κ2) is 9.56. The normalized spacial score (nSPS) is 13.3. The van der Waals surface area contributed by atoms with Crippen molar-refractivity contribution in [3.05, 3.63) is 59.7 Å². The van der Waals surface area contributed by atoms with Crippen molar-refractivity contribution in [2.75, 3.05) is 13.2 Å². The third kappa shape index (κ3) is 4.92. The molecule has 2 aromatic rings. The summed E-state index contributed by atoms with van der Waals surface area (Å²) in [6.45, 7) is 3.33. The highest BCUT2D eigenvalue weighted by molar-refractivity contribution is 5.87. The summed E-state index contributed by atoms with van der Waals surface area (Å²) in [5.41, 5.74) is 3.42. The second-order valence-electron chi connectivity index (χ2n) is 8.34. The summed E-state index contributed by atoms with van der Waals surface area (Å²) in [5.74, 6) is 0.423. The Hall–Kier alpha value is -3.79. The number of nitrogens with one attached hydrogen (secondary N) is 2. The topological polar surface area (TPSA) is 105 Å². The minimum atomic E-state index is -1.21. The van der Waals surface area contributed by atoms with Gasteiger partial charge in [0.25, 0.3) is 0 Å². The van der Waals surface area contributed by atoms with Crippen LogP contribution in [0, 0.1) is 17.8 Å². The van der Waals surface area contributed by atoms with Crippen molar-refractivity contribution in [2.24, 2.45) is 5.41 Å². The summed E-state index contributed by atoms with van der Waals surface area (Å²) in [5, 5.41) is 14.2. The van der Waals surface area contributed by atoms with Crippen molar-refractivity contribution in [1.29, 1.82) is 0 Å². The van der Waals surface area contributed by atoms with Crippen molar-refractivity contribution in [3.8, 4) is 23.5 Å². The van der Waals surface area contributed by atoms with Gasteiger partial charge in [-0.25, -0.2) is 9.59 Å². The van der Waals surface area contributed by atoms with E-state index in [9.17, 15) is 14.4 Å². The number of ether oxygens (including phenoxy) is 1. The number of carbonyl (C=O) groups is 3. The van der Waals surface area contributed by atoms with Crippen LogP contribution in [0.5, 0.6) is 0 Å². The van der Waals surface area contributed by atoms with E-state index in [1.165, 1.54) is 0 Å². The van der Waals surface area contributed by atoms with Crippen LogP contribution < -0.4 is 10.6 Å². The number of amides is 2. The Morgan fingerprint density at radius 1 is 1.09 bits per heavy atom. The summed E-state index contributed by atoms with van der Waals surface area (Å²) < 4.78 is 5.47. The average Bonchev–Trinajstić information content (AvgIpc) is 3.09. The van der Waals surface area contributed by atoms with Crippen molar-refractivity contribution in [3.63, 3.8) is 0 Å². The lowest BCUT2D eigenvalue weighted by molar-refractivity contribution is -0.143. The summed E-state index contributed by atoms with van der Waals surface area (Å²) >= 11 is 0. The van der Waals surface area contributed by atoms with E-state index >= 15 is 0 Å². The molecule has 7 nitrogen and oxygen atoms in total. The molecule has 1 aliphatic rings. The van der Waals surface area contributed by atoms with E-state index in [2.05, 4.69) is 28.7 Å². The number of carboxylic acids is 1. The number of aliphatic carboxylic acids is 1. The van der Waals surface area contributed by atoms with Crippen LogP contribution in [0.4, 0.5) is 4.79 Å². The highest BCUT2D eigenvalue weighted by atomic mass is 16.5. The Kier molecular flexibility index (Phi) is 6.84. The monoisotopic (exact) mass is 434 g/mol. The highest BCUT2D eigenvalue weighted by Crippen LogP contribution is 2.44. The molecule has 0 heterocycles. The third-order valence-electron chi connectivity index (χ3n) is 5.56. The van der Waals surface area contributed by atoms with Gasteiger partial charge in [0.05, 0.1) is 5.41 Å². The minimum Gasteiger partial charge on any atom is -0.480 e. The fraction of sp³-hybridized carbons (Fsp3) is 0.320. The Labute approximate surface area is 187 Å². The number of benzene rings is 2. The molecule has 0 saturated carbocycles. The van der Waals surface area contributed by atoms with Gasteiger partial charge in [0, 0.05) is 18.9 Å². The molecule has 3 rings (SSSR count). The van der Waals surface area contributed by atoms with Crippen molar-refractivity contribution < 1.29 is 24.2 Å². The van der Waals surface area contributed by atoms with E-state index in [1.54, 1.807) is 13.8 Å². The lowest BCUT2D eigenvalue weighted by Gasteiger charge is -2.25. The zero-order chi connectivity index (χ0) is 23.3. The minimum absolute atomic E-state index is 0.0299. The fourth-order valence-corrected chi connectivity index (χ4v) is 3.69. The van der Waals surface area contributed by atoms with Crippen LogP contribution in [-0.2, 0) is 14.3 Å². The molecule has 0 aromatic heterocycles. The van der Waals surface area contributed by atoms with Crippen LogP contribution in [0.2, 0.25) is 0 Å². The molecule has 0 saturated heterocycles. The quantitative estimate of drug-likeness (QED) is 0.554. The van der Waals surface area contributed by atoms with Gasteiger partial charge in [0.2, 0.25) is 5.91 Å². The van der Waals surface area contributed by atoms with Crippen LogP contribution in [-0.4, -0.2) is 42.3 Å². The van der Waals surface area contributed by atoms with Gasteiger partial charge in [-0.15, -0.1) is 12.3 Å². The first-order valence-corrected chi connectivity index (χ1v) is 10.3. The number of hydrogen-bond acceptors (Lipinski definition) is 4. The second-order valence-corrected chi connectivity index (χ2v) is 8.34. The predicted molar refractivity (Wildman–Crippen MR) is 120 cm³/mol. The number of fused-ring (bicyclic) bond motifs is 3. The molecule has 0 aliphatic heterocycles. The molecule has 7 heteroatoms. The van der Waals surface area contributed by atoms with Gasteiger partial charge in [-0.3, -0.25) is 4.79 Å². The zero-order valence-corrected chi connectivity index (χ0v) is 18.1. The van der Waals surface area contributed by atoms with Crippen molar-refractivity contribution in [2.45, 2.75) is 32.2 Å². The van der Waals surface area contributed by atoms with Gasteiger partial charge >= 0.3 is 12.1 Å². The standard InChI is InChI=1S/C25H26N2O5/c1-4-9-21(22(28)29)27-23(30)25(2,3)15-26-24(31)32-14-20-18-12-7-5-10-16(18)17-11-6-8-13-19(17)20/h1,5-8,10-13,20-21H,9,14-15H2,2-3H3,(H,26,31)(H,27,30)(H,28,29). The van der Waals surface area contributed by atoms with Gasteiger partial charge in [-0.05, 0) is 36.1 Å². The maximum Gasteiger partial charge on any atom is 0.407 e. The molecule has 3 N–H and O–H groups in total. The molecule has 166 valence electrons. The van der Waals surface area contributed by atoms with Crippen LogP contribution in [0.15, 0.2) is 48.5 Å². The van der Waals surface area contributed by atoms with E-state index in [-0.39, 0.29) is 25.5 Å². The number of terminal acetylenes is 1. The zero-order valence-electron chi connectivity index (χ0n) is 18.1. The summed E-state index contributed by atoms with van der Waals surface area (Å²) in [7, 11) is 0. The first-order chi connectivity index (χ1) is 15.2. The Morgan fingerprint density at radius 3 is 2.19 bits per heavy atom. The summed E-state index contributed by atoms with van der Waals surface area (Å²) in [6, 6.07) is 14.9. The lowest BCUT2D eigenvalue weighted by atomic mass is 9.91. The summed E-state index contributed by atoms with van der Waals surface area (Å²) in [6.07, 6.45) is 4.38. The van der Waals surface area contributed by atoms with Crippen LogP contribution in [0.1, 0.15) is 37.3 Å². The van der Waals surface area contributed by atoms with E-state index < -0.39 is 29.4 Å². The van der Waals surface area contributed by atoms with Crippen molar-refractivity contribution >= 4 is 18.0 Å². The van der Waals surface area contributed by atoms with E-state index in [4.69, 9.17) is 16.3 Å². The maximum absolute atomic E-state index is 12.5. The Bertz CT molecular complexity index is 1020. The largest absolute Gasteiger partial charge is 0.480 e. The molecule has 1 aliphatic carbocycles. The van der Waals surface area contributed by atoms with Crippen LogP contribution >= 0.6 is 0 Å². The number of hydrogen-bond donors (Lipinski definition) is 3. The van der Waals surface area contributed by atoms with Crippen molar-refractivity contribution in [1.82, 2.24) is 10.6 Å². The molecule has 32 heavy (non-hydrogen) atoms. The number of rotatable bonds is 8. The van der Waals surface area contributed by atoms with E-state index in [1.807, 2.05) is 36.4 Å². The first kappa shape index (κ1) is 22.9. The fourth-order valence-electron chi connectivity index (χ4n) is 3.69. The Morgan fingerprint density at radius 2 is 1.66 bits per heavy atom. The van der Waals surface area contributed by atoms with Crippen LogP contribution in [0.25, 0.3) is 11.1 Å². The molecular formula is C25H26N2O5. The van der Waals surface area contributed by atoms with Gasteiger partial charge in [-0.1, -0.05) is 48.5 Å². The van der Waals surface area contributed by atoms with Crippen LogP contribution in [0.3, 0.4) is 0 Å². The number of carboxylic acid groups (broad SMARTS) is 1. The van der Waals surface area contributed by atoms with Gasteiger partial charge in [0.1, 0.15) is 12.6 Å². The molecular weight excluding hydrogens is 408 g/mol. The van der Waals surface area contributed by atoms with Gasteiger partial charge < -0.3 is 20.5 Å². The molecule has 0 fully saturated rings. The lowest BCUT2D eigenvalue weighted by Crippen LogP contribution is -2.50. The molecule has 0 spiro atoms. The molecule has 1 atom stereocenters.